The molecule has 1 unspecified atom stereocenters. The van der Waals surface area contributed by atoms with Gasteiger partial charge in [-0.05, 0) is 29.8 Å². The summed E-state index contributed by atoms with van der Waals surface area (Å²) in [5.41, 5.74) is 10.7. The maximum Gasteiger partial charge on any atom is 0.312 e. The number of amides is 3. The Hall–Kier alpha value is -3.20. The number of para-hydroxylation sites is 1. The monoisotopic (exact) mass is 392 g/mol. The number of alkyl halides is 2. The van der Waals surface area contributed by atoms with E-state index in [4.69, 9.17) is 16.2 Å². The van der Waals surface area contributed by atoms with Crippen molar-refractivity contribution in [1.82, 2.24) is 10.6 Å². The van der Waals surface area contributed by atoms with Gasteiger partial charge in [0.1, 0.15) is 11.5 Å². The van der Waals surface area contributed by atoms with E-state index in [1.807, 2.05) is 18.2 Å². The van der Waals surface area contributed by atoms with Gasteiger partial charge in [0.25, 0.3) is 5.92 Å². The van der Waals surface area contributed by atoms with Gasteiger partial charge in [-0.25, -0.2) is 13.6 Å². The predicted molar refractivity (Wildman–Crippen MR) is 100 cm³/mol. The number of urea groups is 1. The molecule has 0 fully saturated rings. The summed E-state index contributed by atoms with van der Waals surface area (Å²) in [5, 5.41) is 4.55. The number of primary amides is 1. The first-order valence-electron chi connectivity index (χ1n) is 8.52. The predicted octanol–water partition coefficient (Wildman–Crippen LogP) is 2.29. The zero-order chi connectivity index (χ0) is 20.6. The second-order valence-electron chi connectivity index (χ2n) is 6.09. The van der Waals surface area contributed by atoms with Gasteiger partial charge in [0.15, 0.2) is 0 Å². The Bertz CT molecular complexity index is 803. The fourth-order valence-electron chi connectivity index (χ4n) is 2.40. The van der Waals surface area contributed by atoms with Crippen LogP contribution in [0.5, 0.6) is 11.5 Å². The summed E-state index contributed by atoms with van der Waals surface area (Å²) in [5.74, 6) is -2.79. The third-order valence-corrected chi connectivity index (χ3v) is 3.79. The molecule has 0 aliphatic rings. The SMILES string of the molecule is NCC(F)(F)CNC(=O)CC(NC(N)=O)c1cccc(Oc2ccccc2)c1. The summed E-state index contributed by atoms with van der Waals surface area (Å²) < 4.78 is 32.1. The third kappa shape index (κ3) is 6.84. The standard InChI is InChI=1S/C19H22F2N4O3/c20-19(21,11-22)12-24-17(26)10-16(25-18(23)27)13-5-4-8-15(9-13)28-14-6-2-1-3-7-14/h1-9,16H,10-12,22H2,(H,24,26)(H3,23,25,27). The van der Waals surface area contributed by atoms with E-state index in [9.17, 15) is 18.4 Å². The lowest BCUT2D eigenvalue weighted by molar-refractivity contribution is -0.123. The lowest BCUT2D eigenvalue weighted by Gasteiger charge is -2.20. The number of hydrogen-bond acceptors (Lipinski definition) is 4. The highest BCUT2D eigenvalue weighted by molar-refractivity contribution is 5.78. The first-order valence-corrected chi connectivity index (χ1v) is 8.52. The molecule has 1 atom stereocenters. The lowest BCUT2D eigenvalue weighted by atomic mass is 10.0. The molecule has 0 bridgehead atoms. The number of benzene rings is 2. The zero-order valence-corrected chi connectivity index (χ0v) is 15.0. The fraction of sp³-hybridized carbons (Fsp3) is 0.263. The van der Waals surface area contributed by atoms with Crippen LogP contribution in [0.3, 0.4) is 0 Å². The Morgan fingerprint density at radius 3 is 2.39 bits per heavy atom. The van der Waals surface area contributed by atoms with E-state index in [0.29, 0.717) is 17.1 Å². The molecule has 2 aromatic carbocycles. The van der Waals surface area contributed by atoms with Gasteiger partial charge in [0.2, 0.25) is 5.91 Å². The molecule has 2 rings (SSSR count). The third-order valence-electron chi connectivity index (χ3n) is 3.79. The van der Waals surface area contributed by atoms with Gasteiger partial charge >= 0.3 is 6.03 Å². The minimum absolute atomic E-state index is 0.279. The van der Waals surface area contributed by atoms with Crippen LogP contribution in [-0.2, 0) is 4.79 Å². The molecule has 0 saturated heterocycles. The van der Waals surface area contributed by atoms with Crippen molar-refractivity contribution in [1.29, 1.82) is 0 Å². The van der Waals surface area contributed by atoms with Gasteiger partial charge in [-0.15, -0.1) is 0 Å². The van der Waals surface area contributed by atoms with E-state index in [1.165, 1.54) is 0 Å². The number of carbonyl (C=O) groups is 2. The molecular weight excluding hydrogens is 370 g/mol. The lowest BCUT2D eigenvalue weighted by Crippen LogP contribution is -2.43. The van der Waals surface area contributed by atoms with Crippen molar-refractivity contribution in [2.75, 3.05) is 13.1 Å². The smallest absolute Gasteiger partial charge is 0.312 e. The van der Waals surface area contributed by atoms with Crippen molar-refractivity contribution >= 4 is 11.9 Å². The van der Waals surface area contributed by atoms with E-state index in [1.54, 1.807) is 36.4 Å². The van der Waals surface area contributed by atoms with E-state index in [-0.39, 0.29) is 6.42 Å². The van der Waals surface area contributed by atoms with Crippen molar-refractivity contribution in [3.8, 4) is 11.5 Å². The minimum Gasteiger partial charge on any atom is -0.457 e. The highest BCUT2D eigenvalue weighted by Gasteiger charge is 2.28. The number of halogens is 2. The fourth-order valence-corrected chi connectivity index (χ4v) is 2.40. The molecule has 0 aliphatic heterocycles. The number of nitrogens with two attached hydrogens (primary N) is 2. The van der Waals surface area contributed by atoms with Crippen molar-refractivity contribution < 1.29 is 23.1 Å². The van der Waals surface area contributed by atoms with Crippen LogP contribution in [0.1, 0.15) is 18.0 Å². The number of rotatable bonds is 9. The van der Waals surface area contributed by atoms with Crippen LogP contribution < -0.4 is 26.8 Å². The summed E-state index contributed by atoms with van der Waals surface area (Å²) in [6.07, 6.45) is -0.279. The zero-order valence-electron chi connectivity index (χ0n) is 15.0. The average Bonchev–Trinajstić information content (AvgIpc) is 2.67. The van der Waals surface area contributed by atoms with Crippen LogP contribution in [0.2, 0.25) is 0 Å². The average molecular weight is 392 g/mol. The maximum atomic E-state index is 13.2. The van der Waals surface area contributed by atoms with Crippen molar-refractivity contribution in [3.05, 3.63) is 60.2 Å². The molecule has 9 heteroatoms. The van der Waals surface area contributed by atoms with Gasteiger partial charge in [-0.1, -0.05) is 30.3 Å². The normalized spacial score (nSPS) is 12.1. The van der Waals surface area contributed by atoms with Crippen molar-refractivity contribution in [2.24, 2.45) is 11.5 Å². The summed E-state index contributed by atoms with van der Waals surface area (Å²) in [6, 6.07) is 14.1. The molecule has 0 aliphatic carbocycles. The summed E-state index contributed by atoms with van der Waals surface area (Å²) >= 11 is 0. The molecule has 150 valence electrons. The van der Waals surface area contributed by atoms with Crippen LogP contribution >= 0.6 is 0 Å². The Balaban J connectivity index is 2.10. The van der Waals surface area contributed by atoms with E-state index in [2.05, 4.69) is 10.6 Å². The molecule has 0 aromatic heterocycles. The molecular formula is C19H22F2N4O3. The minimum atomic E-state index is -3.20. The molecule has 0 saturated carbocycles. The Labute approximate surface area is 161 Å². The molecule has 0 radical (unpaired) electrons. The van der Waals surface area contributed by atoms with Crippen LogP contribution in [0.15, 0.2) is 54.6 Å². The van der Waals surface area contributed by atoms with Crippen molar-refractivity contribution in [2.45, 2.75) is 18.4 Å². The first kappa shape index (κ1) is 21.1. The van der Waals surface area contributed by atoms with Gasteiger partial charge in [0, 0.05) is 0 Å². The number of ether oxygens (including phenoxy) is 1. The molecule has 3 amide bonds. The number of carbonyl (C=O) groups excluding carboxylic acids is 2. The number of nitrogens with one attached hydrogen (secondary N) is 2. The Morgan fingerprint density at radius 1 is 1.07 bits per heavy atom. The Morgan fingerprint density at radius 2 is 1.75 bits per heavy atom. The number of hydrogen-bond donors (Lipinski definition) is 4. The maximum absolute atomic E-state index is 13.2. The molecule has 28 heavy (non-hydrogen) atoms. The van der Waals surface area contributed by atoms with Gasteiger partial charge < -0.3 is 26.8 Å². The largest absolute Gasteiger partial charge is 0.457 e. The molecule has 6 N–H and O–H groups in total. The topological polar surface area (TPSA) is 119 Å². The quantitative estimate of drug-likeness (QED) is 0.523. The van der Waals surface area contributed by atoms with E-state index >= 15 is 0 Å². The molecule has 0 spiro atoms. The van der Waals surface area contributed by atoms with Crippen LogP contribution in [0, 0.1) is 0 Å². The van der Waals surface area contributed by atoms with E-state index in [0.717, 1.165) is 0 Å². The van der Waals surface area contributed by atoms with E-state index < -0.39 is 37.0 Å². The Kier molecular flexibility index (Phi) is 7.28. The molecule has 7 nitrogen and oxygen atoms in total. The van der Waals surface area contributed by atoms with Crippen LogP contribution in [0.25, 0.3) is 0 Å². The van der Waals surface area contributed by atoms with Gasteiger partial charge in [-0.3, -0.25) is 4.79 Å². The first-order chi connectivity index (χ1) is 13.3. The highest BCUT2D eigenvalue weighted by Crippen LogP contribution is 2.26. The second kappa shape index (κ2) is 9.65. The van der Waals surface area contributed by atoms with Crippen LogP contribution in [0.4, 0.5) is 13.6 Å². The second-order valence-corrected chi connectivity index (χ2v) is 6.09. The summed E-state index contributed by atoms with van der Waals surface area (Å²) in [6.45, 7) is -1.77. The molecule has 2 aromatic rings. The summed E-state index contributed by atoms with van der Waals surface area (Å²) in [7, 11) is 0. The van der Waals surface area contributed by atoms with Crippen LogP contribution in [-0.4, -0.2) is 31.0 Å². The van der Waals surface area contributed by atoms with Crippen molar-refractivity contribution in [3.63, 3.8) is 0 Å². The van der Waals surface area contributed by atoms with Gasteiger partial charge in [0.05, 0.1) is 25.6 Å². The van der Waals surface area contributed by atoms with Gasteiger partial charge in [-0.2, -0.15) is 0 Å². The highest BCUT2D eigenvalue weighted by atomic mass is 19.3. The summed E-state index contributed by atoms with van der Waals surface area (Å²) in [4.78, 5) is 23.4. The molecule has 0 heterocycles.